The van der Waals surface area contributed by atoms with Gasteiger partial charge in [0.2, 0.25) is 0 Å². The standard InChI is InChI=1S/C10H12ClF3N2O/c11-9-3-1-2-8(15-9)6-16(4-5-17)7-10(12,13)14/h1-3,17H,4-7H2. The van der Waals surface area contributed by atoms with Crippen molar-refractivity contribution in [2.24, 2.45) is 0 Å². The highest BCUT2D eigenvalue weighted by Gasteiger charge is 2.30. The Morgan fingerprint density at radius 1 is 1.35 bits per heavy atom. The third-order valence-electron chi connectivity index (χ3n) is 1.98. The van der Waals surface area contributed by atoms with Crippen LogP contribution in [0.3, 0.4) is 0 Å². The monoisotopic (exact) mass is 268 g/mol. The normalized spacial score (nSPS) is 12.1. The molecule has 0 saturated carbocycles. The van der Waals surface area contributed by atoms with Crippen molar-refractivity contribution in [1.29, 1.82) is 0 Å². The molecule has 7 heteroatoms. The zero-order valence-corrected chi connectivity index (χ0v) is 9.67. The topological polar surface area (TPSA) is 36.4 Å². The number of pyridine rings is 1. The first-order valence-electron chi connectivity index (χ1n) is 4.92. The lowest BCUT2D eigenvalue weighted by molar-refractivity contribution is -0.148. The highest BCUT2D eigenvalue weighted by molar-refractivity contribution is 6.29. The second kappa shape index (κ2) is 6.18. The van der Waals surface area contributed by atoms with E-state index in [4.69, 9.17) is 16.7 Å². The Bertz CT molecular complexity index is 360. The molecule has 0 aliphatic carbocycles. The van der Waals surface area contributed by atoms with Crippen molar-refractivity contribution in [2.45, 2.75) is 12.7 Å². The van der Waals surface area contributed by atoms with E-state index < -0.39 is 12.7 Å². The summed E-state index contributed by atoms with van der Waals surface area (Å²) in [5, 5.41) is 8.95. The summed E-state index contributed by atoms with van der Waals surface area (Å²) in [5.41, 5.74) is 0.440. The molecule has 0 atom stereocenters. The first kappa shape index (κ1) is 14.2. The van der Waals surface area contributed by atoms with Crippen LogP contribution in [0.1, 0.15) is 5.69 Å². The van der Waals surface area contributed by atoms with Crippen LogP contribution in [0.2, 0.25) is 5.15 Å². The van der Waals surface area contributed by atoms with Crippen LogP contribution >= 0.6 is 11.6 Å². The van der Waals surface area contributed by atoms with Crippen molar-refractivity contribution in [3.8, 4) is 0 Å². The third-order valence-corrected chi connectivity index (χ3v) is 2.19. The molecule has 17 heavy (non-hydrogen) atoms. The van der Waals surface area contributed by atoms with Crippen molar-refractivity contribution in [3.63, 3.8) is 0 Å². The maximum absolute atomic E-state index is 12.2. The van der Waals surface area contributed by atoms with Gasteiger partial charge in [-0.2, -0.15) is 13.2 Å². The van der Waals surface area contributed by atoms with Gasteiger partial charge in [-0.05, 0) is 12.1 Å². The summed E-state index contributed by atoms with van der Waals surface area (Å²) in [5.74, 6) is 0. The van der Waals surface area contributed by atoms with Gasteiger partial charge in [0.05, 0.1) is 18.8 Å². The zero-order valence-electron chi connectivity index (χ0n) is 8.91. The van der Waals surface area contributed by atoms with Gasteiger partial charge in [0.25, 0.3) is 0 Å². The lowest BCUT2D eigenvalue weighted by Gasteiger charge is -2.22. The average molecular weight is 269 g/mol. The first-order chi connectivity index (χ1) is 7.90. The Hall–Kier alpha value is -0.850. The van der Waals surface area contributed by atoms with Crippen molar-refractivity contribution >= 4 is 11.6 Å². The molecule has 0 amide bonds. The van der Waals surface area contributed by atoms with Gasteiger partial charge in [-0.3, -0.25) is 4.90 Å². The fraction of sp³-hybridized carbons (Fsp3) is 0.500. The molecule has 3 nitrogen and oxygen atoms in total. The fourth-order valence-corrected chi connectivity index (χ4v) is 1.56. The molecule has 0 radical (unpaired) electrons. The van der Waals surface area contributed by atoms with Crippen LogP contribution in [0.4, 0.5) is 13.2 Å². The largest absolute Gasteiger partial charge is 0.401 e. The van der Waals surface area contributed by atoms with E-state index in [0.29, 0.717) is 5.69 Å². The summed E-state index contributed by atoms with van der Waals surface area (Å²) in [7, 11) is 0. The minimum atomic E-state index is -4.30. The van der Waals surface area contributed by atoms with E-state index in [1.54, 1.807) is 18.2 Å². The number of aromatic nitrogens is 1. The predicted molar refractivity (Wildman–Crippen MR) is 57.7 cm³/mol. The van der Waals surface area contributed by atoms with Gasteiger partial charge in [-0.1, -0.05) is 17.7 Å². The Balaban J connectivity index is 2.66. The number of aliphatic hydroxyl groups is 1. The van der Waals surface area contributed by atoms with Crippen molar-refractivity contribution in [2.75, 3.05) is 19.7 Å². The Morgan fingerprint density at radius 3 is 2.59 bits per heavy atom. The van der Waals surface area contributed by atoms with Crippen molar-refractivity contribution in [3.05, 3.63) is 29.0 Å². The summed E-state index contributed by atoms with van der Waals surface area (Å²) < 4.78 is 36.7. The molecule has 0 aliphatic heterocycles. The van der Waals surface area contributed by atoms with Crippen LogP contribution in [-0.2, 0) is 6.54 Å². The number of nitrogens with zero attached hydrogens (tertiary/aromatic N) is 2. The fourth-order valence-electron chi connectivity index (χ4n) is 1.38. The van der Waals surface area contributed by atoms with Gasteiger partial charge < -0.3 is 5.11 Å². The number of aliphatic hydroxyl groups excluding tert-OH is 1. The minimum Gasteiger partial charge on any atom is -0.395 e. The second-order valence-corrected chi connectivity index (χ2v) is 3.89. The quantitative estimate of drug-likeness (QED) is 0.831. The molecule has 1 N–H and O–H groups in total. The SMILES string of the molecule is OCCN(Cc1cccc(Cl)n1)CC(F)(F)F. The molecule has 0 spiro atoms. The Kier molecular flexibility index (Phi) is 5.17. The van der Waals surface area contributed by atoms with E-state index in [1.165, 1.54) is 0 Å². The van der Waals surface area contributed by atoms with Crippen LogP contribution in [0.5, 0.6) is 0 Å². The molecule has 1 aromatic rings. The van der Waals surface area contributed by atoms with Crippen LogP contribution in [0.25, 0.3) is 0 Å². The average Bonchev–Trinajstić information content (AvgIpc) is 2.15. The van der Waals surface area contributed by atoms with E-state index in [9.17, 15) is 13.2 Å². The molecule has 0 unspecified atom stereocenters. The molecule has 0 aromatic carbocycles. The summed E-state index contributed by atoms with van der Waals surface area (Å²) in [6.07, 6.45) is -4.30. The molecule has 0 aliphatic rings. The van der Waals surface area contributed by atoms with Crippen molar-refractivity contribution in [1.82, 2.24) is 9.88 Å². The summed E-state index contributed by atoms with van der Waals surface area (Å²) in [6, 6.07) is 4.76. The smallest absolute Gasteiger partial charge is 0.395 e. The third kappa shape index (κ3) is 5.86. The predicted octanol–water partition coefficient (Wildman–Crippen LogP) is 2.09. The van der Waals surface area contributed by atoms with Gasteiger partial charge in [-0.25, -0.2) is 4.98 Å². The molecule has 0 fully saturated rings. The van der Waals surface area contributed by atoms with Crippen LogP contribution in [0.15, 0.2) is 18.2 Å². The van der Waals surface area contributed by atoms with E-state index in [0.717, 1.165) is 4.90 Å². The summed E-state index contributed by atoms with van der Waals surface area (Å²) >= 11 is 5.64. The number of hydrogen-bond acceptors (Lipinski definition) is 3. The highest BCUT2D eigenvalue weighted by atomic mass is 35.5. The van der Waals surface area contributed by atoms with E-state index in [2.05, 4.69) is 4.98 Å². The number of alkyl halides is 3. The molecule has 1 aromatic heterocycles. The van der Waals surface area contributed by atoms with Crippen LogP contribution < -0.4 is 0 Å². The van der Waals surface area contributed by atoms with Gasteiger partial charge in [-0.15, -0.1) is 0 Å². The maximum Gasteiger partial charge on any atom is 0.401 e. The van der Waals surface area contributed by atoms with Gasteiger partial charge in [0.15, 0.2) is 0 Å². The van der Waals surface area contributed by atoms with E-state index in [1.807, 2.05) is 0 Å². The van der Waals surface area contributed by atoms with E-state index >= 15 is 0 Å². The van der Waals surface area contributed by atoms with Crippen molar-refractivity contribution < 1.29 is 18.3 Å². The lowest BCUT2D eigenvalue weighted by atomic mass is 10.3. The minimum absolute atomic E-state index is 0.000625. The summed E-state index contributed by atoms with van der Waals surface area (Å²) in [4.78, 5) is 4.97. The van der Waals surface area contributed by atoms with Gasteiger partial charge in [0, 0.05) is 13.1 Å². The second-order valence-electron chi connectivity index (χ2n) is 3.50. The van der Waals surface area contributed by atoms with Gasteiger partial charge in [0.1, 0.15) is 5.15 Å². The maximum atomic E-state index is 12.2. The Morgan fingerprint density at radius 2 is 2.06 bits per heavy atom. The van der Waals surface area contributed by atoms with Crippen LogP contribution in [-0.4, -0.2) is 40.9 Å². The zero-order chi connectivity index (χ0) is 12.9. The van der Waals surface area contributed by atoms with Gasteiger partial charge >= 0.3 is 6.18 Å². The van der Waals surface area contributed by atoms with Crippen LogP contribution in [0, 0.1) is 0 Å². The molecule has 1 rings (SSSR count). The number of halogens is 4. The first-order valence-corrected chi connectivity index (χ1v) is 5.30. The molecule has 1 heterocycles. The van der Waals surface area contributed by atoms with E-state index in [-0.39, 0.29) is 24.8 Å². The number of hydrogen-bond donors (Lipinski definition) is 1. The molecule has 0 saturated heterocycles. The summed E-state index contributed by atoms with van der Waals surface area (Å²) in [6.45, 7) is -1.48. The molecule has 96 valence electrons. The number of rotatable bonds is 5. The molecule has 0 bridgehead atoms. The molecular formula is C10H12ClF3N2O. The highest BCUT2D eigenvalue weighted by Crippen LogP contribution is 2.17. The lowest BCUT2D eigenvalue weighted by Crippen LogP contribution is -2.35. The Labute approximate surface area is 102 Å². The molecular weight excluding hydrogens is 257 g/mol.